The molecular weight excluding hydrogens is 196 g/mol. The first-order chi connectivity index (χ1) is 7.53. The Hall–Kier alpha value is -0.0800. The minimum absolute atomic E-state index is 0.406. The molecule has 0 aromatic carbocycles. The maximum atomic E-state index is 3.64. The van der Waals surface area contributed by atoms with Crippen LogP contribution < -0.4 is 5.32 Å². The van der Waals surface area contributed by atoms with Gasteiger partial charge in [0.2, 0.25) is 0 Å². The fourth-order valence-corrected chi connectivity index (χ4v) is 2.21. The molecule has 0 unspecified atom stereocenters. The van der Waals surface area contributed by atoms with Gasteiger partial charge in [-0.05, 0) is 38.3 Å². The fourth-order valence-electron chi connectivity index (χ4n) is 2.21. The molecule has 0 atom stereocenters. The third kappa shape index (κ3) is 6.49. The molecule has 0 heterocycles. The molecule has 2 nitrogen and oxygen atoms in total. The van der Waals surface area contributed by atoms with Crippen molar-refractivity contribution in [2.24, 2.45) is 5.41 Å². The summed E-state index contributed by atoms with van der Waals surface area (Å²) >= 11 is 0. The number of nitrogens with zero attached hydrogens (tertiary/aromatic N) is 1. The molecule has 16 heavy (non-hydrogen) atoms. The van der Waals surface area contributed by atoms with E-state index < -0.39 is 0 Å². The van der Waals surface area contributed by atoms with E-state index in [4.69, 9.17) is 0 Å². The Kier molecular flexibility index (Phi) is 5.77. The van der Waals surface area contributed by atoms with Crippen molar-refractivity contribution in [1.29, 1.82) is 0 Å². The summed E-state index contributed by atoms with van der Waals surface area (Å²) in [6.45, 7) is 10.6. The molecule has 1 aliphatic carbocycles. The van der Waals surface area contributed by atoms with Gasteiger partial charge in [0, 0.05) is 19.1 Å². The first-order valence-electron chi connectivity index (χ1n) is 6.95. The smallest absolute Gasteiger partial charge is 0.00684 e. The summed E-state index contributed by atoms with van der Waals surface area (Å²) in [4.78, 5) is 2.49. The second-order valence-corrected chi connectivity index (χ2v) is 6.26. The topological polar surface area (TPSA) is 15.3 Å². The summed E-state index contributed by atoms with van der Waals surface area (Å²) in [5.74, 6) is 0. The van der Waals surface area contributed by atoms with E-state index >= 15 is 0 Å². The highest BCUT2D eigenvalue weighted by Crippen LogP contribution is 2.22. The Balaban J connectivity index is 2.10. The Morgan fingerprint density at radius 2 is 1.94 bits per heavy atom. The maximum Gasteiger partial charge on any atom is 0.00684 e. The van der Waals surface area contributed by atoms with Crippen molar-refractivity contribution < 1.29 is 0 Å². The molecule has 0 saturated heterocycles. The Labute approximate surface area is 102 Å². The molecule has 0 aliphatic heterocycles. The van der Waals surface area contributed by atoms with Crippen LogP contribution in [0.2, 0.25) is 0 Å². The van der Waals surface area contributed by atoms with E-state index in [2.05, 4.69) is 38.0 Å². The molecular formula is C14H30N2. The molecule has 1 fully saturated rings. The molecule has 2 heteroatoms. The molecule has 0 aromatic heterocycles. The second-order valence-electron chi connectivity index (χ2n) is 6.26. The van der Waals surface area contributed by atoms with Gasteiger partial charge in [0.05, 0.1) is 0 Å². The van der Waals surface area contributed by atoms with E-state index in [0.29, 0.717) is 5.41 Å². The molecule has 0 amide bonds. The fraction of sp³-hybridized carbons (Fsp3) is 1.00. The minimum Gasteiger partial charge on any atom is -0.313 e. The van der Waals surface area contributed by atoms with Crippen LogP contribution in [-0.4, -0.2) is 37.6 Å². The molecule has 0 aromatic rings. The number of nitrogens with one attached hydrogen (secondary N) is 1. The van der Waals surface area contributed by atoms with E-state index in [1.807, 2.05) is 0 Å². The van der Waals surface area contributed by atoms with Gasteiger partial charge in [0.25, 0.3) is 0 Å². The summed E-state index contributed by atoms with van der Waals surface area (Å²) in [5.41, 5.74) is 0.406. The van der Waals surface area contributed by atoms with Crippen molar-refractivity contribution in [2.75, 3.05) is 26.7 Å². The molecule has 1 saturated carbocycles. The van der Waals surface area contributed by atoms with E-state index in [1.54, 1.807) is 0 Å². The van der Waals surface area contributed by atoms with E-state index in [0.717, 1.165) is 12.6 Å². The molecule has 1 N–H and O–H groups in total. The lowest BCUT2D eigenvalue weighted by molar-refractivity contribution is 0.201. The van der Waals surface area contributed by atoms with Gasteiger partial charge in [-0.3, -0.25) is 0 Å². The molecule has 96 valence electrons. The van der Waals surface area contributed by atoms with Gasteiger partial charge >= 0.3 is 0 Å². The normalized spacial score (nSPS) is 17.1. The van der Waals surface area contributed by atoms with Gasteiger partial charge in [0.15, 0.2) is 0 Å². The standard InChI is InChI=1S/C14H30N2/c1-5-6-7-10-16(4)12-14(2,3)11-15-13-8-9-13/h13,15H,5-12H2,1-4H3. The largest absolute Gasteiger partial charge is 0.313 e. The van der Waals surface area contributed by atoms with E-state index in [9.17, 15) is 0 Å². The minimum atomic E-state index is 0.406. The first kappa shape index (κ1) is 14.0. The third-order valence-electron chi connectivity index (χ3n) is 3.29. The number of unbranched alkanes of at least 4 members (excludes halogenated alkanes) is 2. The number of hydrogen-bond acceptors (Lipinski definition) is 2. The average Bonchev–Trinajstić information content (AvgIpc) is 2.98. The van der Waals surface area contributed by atoms with Gasteiger partial charge in [-0.1, -0.05) is 33.6 Å². The van der Waals surface area contributed by atoms with Crippen LogP contribution in [0.25, 0.3) is 0 Å². The van der Waals surface area contributed by atoms with Gasteiger partial charge in [-0.25, -0.2) is 0 Å². The SMILES string of the molecule is CCCCCN(C)CC(C)(C)CNC1CC1. The van der Waals surface area contributed by atoms with Gasteiger partial charge < -0.3 is 10.2 Å². The molecule has 1 aliphatic rings. The Morgan fingerprint density at radius 1 is 1.25 bits per heavy atom. The summed E-state index contributed by atoms with van der Waals surface area (Å²) in [5, 5.41) is 3.64. The summed E-state index contributed by atoms with van der Waals surface area (Å²) in [6.07, 6.45) is 6.82. The predicted molar refractivity (Wildman–Crippen MR) is 71.8 cm³/mol. The molecule has 0 radical (unpaired) electrons. The van der Waals surface area contributed by atoms with Crippen LogP contribution in [0, 0.1) is 5.41 Å². The summed E-state index contributed by atoms with van der Waals surface area (Å²) < 4.78 is 0. The van der Waals surface area contributed by atoms with Crippen LogP contribution in [0.1, 0.15) is 52.9 Å². The zero-order chi connectivity index (χ0) is 12.0. The highest BCUT2D eigenvalue weighted by Gasteiger charge is 2.25. The Morgan fingerprint density at radius 3 is 2.50 bits per heavy atom. The number of hydrogen-bond donors (Lipinski definition) is 1. The van der Waals surface area contributed by atoms with Crippen molar-refractivity contribution in [3.63, 3.8) is 0 Å². The second kappa shape index (κ2) is 6.61. The number of rotatable bonds is 9. The van der Waals surface area contributed by atoms with Crippen LogP contribution >= 0.6 is 0 Å². The molecule has 0 spiro atoms. The first-order valence-corrected chi connectivity index (χ1v) is 6.95. The Bertz CT molecular complexity index is 185. The monoisotopic (exact) mass is 226 g/mol. The van der Waals surface area contributed by atoms with Crippen molar-refractivity contribution in [3.05, 3.63) is 0 Å². The van der Waals surface area contributed by atoms with Crippen LogP contribution in [-0.2, 0) is 0 Å². The van der Waals surface area contributed by atoms with Gasteiger partial charge in [0.1, 0.15) is 0 Å². The van der Waals surface area contributed by atoms with Crippen molar-refractivity contribution >= 4 is 0 Å². The lowest BCUT2D eigenvalue weighted by Gasteiger charge is -2.30. The zero-order valence-corrected chi connectivity index (χ0v) is 11.7. The molecule has 0 bridgehead atoms. The summed E-state index contributed by atoms with van der Waals surface area (Å²) in [6, 6.07) is 0.838. The van der Waals surface area contributed by atoms with Crippen LogP contribution in [0.3, 0.4) is 0 Å². The van der Waals surface area contributed by atoms with Crippen molar-refractivity contribution in [3.8, 4) is 0 Å². The van der Waals surface area contributed by atoms with Gasteiger partial charge in [-0.15, -0.1) is 0 Å². The van der Waals surface area contributed by atoms with Crippen LogP contribution in [0.5, 0.6) is 0 Å². The molecule has 1 rings (SSSR count). The van der Waals surface area contributed by atoms with E-state index in [1.165, 1.54) is 45.2 Å². The van der Waals surface area contributed by atoms with Gasteiger partial charge in [-0.2, -0.15) is 0 Å². The highest BCUT2D eigenvalue weighted by molar-refractivity contribution is 4.84. The quantitative estimate of drug-likeness (QED) is 0.608. The predicted octanol–water partition coefficient (Wildman–Crippen LogP) is 2.89. The van der Waals surface area contributed by atoms with Crippen LogP contribution in [0.15, 0.2) is 0 Å². The summed E-state index contributed by atoms with van der Waals surface area (Å²) in [7, 11) is 2.26. The third-order valence-corrected chi connectivity index (χ3v) is 3.29. The average molecular weight is 226 g/mol. The highest BCUT2D eigenvalue weighted by atomic mass is 15.1. The van der Waals surface area contributed by atoms with Crippen molar-refractivity contribution in [1.82, 2.24) is 10.2 Å². The lowest BCUT2D eigenvalue weighted by atomic mass is 9.92. The van der Waals surface area contributed by atoms with Crippen LogP contribution in [0.4, 0.5) is 0 Å². The van der Waals surface area contributed by atoms with E-state index in [-0.39, 0.29) is 0 Å². The van der Waals surface area contributed by atoms with Crippen molar-refractivity contribution in [2.45, 2.75) is 58.9 Å². The maximum absolute atomic E-state index is 3.64. The zero-order valence-electron chi connectivity index (χ0n) is 11.7. The lowest BCUT2D eigenvalue weighted by Crippen LogP contribution is -2.39.